The number of methoxy groups -OCH3 is 2. The van der Waals surface area contributed by atoms with Gasteiger partial charge in [-0.3, -0.25) is 0 Å². The first-order valence-corrected chi connectivity index (χ1v) is 8.13. The lowest BCUT2D eigenvalue weighted by molar-refractivity contribution is 0.150. The number of aryl methyl sites for hydroxylation is 2. The largest absolute Gasteiger partial charge is 0.398 e. The van der Waals surface area contributed by atoms with Crippen molar-refractivity contribution in [3.63, 3.8) is 0 Å². The monoisotopic (exact) mass is 316 g/mol. The Morgan fingerprint density at radius 3 is 2.00 bits per heavy atom. The molecule has 1 rings (SSSR count). The van der Waals surface area contributed by atoms with E-state index in [-0.39, 0.29) is 23.7 Å². The minimum Gasteiger partial charge on any atom is -0.398 e. The fourth-order valence-corrected chi connectivity index (χ4v) is 3.50. The van der Waals surface area contributed by atoms with Crippen LogP contribution in [-0.4, -0.2) is 53.2 Å². The summed E-state index contributed by atoms with van der Waals surface area (Å²) >= 11 is 0. The van der Waals surface area contributed by atoms with E-state index in [0.29, 0.717) is 13.2 Å². The molecule has 0 aliphatic carbocycles. The van der Waals surface area contributed by atoms with E-state index < -0.39 is 10.0 Å². The molecular formula is C14H24N2O4S. The maximum Gasteiger partial charge on any atom is 0.245 e. The van der Waals surface area contributed by atoms with Crippen molar-refractivity contribution in [3.05, 3.63) is 23.3 Å². The third kappa shape index (κ3) is 4.41. The molecule has 0 amide bonds. The van der Waals surface area contributed by atoms with Gasteiger partial charge >= 0.3 is 0 Å². The van der Waals surface area contributed by atoms with Crippen molar-refractivity contribution >= 4 is 15.7 Å². The van der Waals surface area contributed by atoms with Gasteiger partial charge in [0.05, 0.1) is 18.9 Å². The zero-order valence-corrected chi connectivity index (χ0v) is 13.9. The van der Waals surface area contributed by atoms with Crippen molar-refractivity contribution in [1.82, 2.24) is 4.31 Å². The summed E-state index contributed by atoms with van der Waals surface area (Å²) in [6.45, 7) is 4.91. The second kappa shape index (κ2) is 7.74. The van der Waals surface area contributed by atoms with Crippen LogP contribution < -0.4 is 5.73 Å². The van der Waals surface area contributed by atoms with E-state index in [9.17, 15) is 8.42 Å². The summed E-state index contributed by atoms with van der Waals surface area (Å²) in [6.07, 6.45) is 0. The van der Waals surface area contributed by atoms with Crippen molar-refractivity contribution in [3.8, 4) is 0 Å². The SMILES string of the molecule is COCCN(CCOC)S(=O)(=O)c1cc(C)c(C)cc1N. The van der Waals surface area contributed by atoms with Gasteiger partial charge < -0.3 is 15.2 Å². The molecule has 21 heavy (non-hydrogen) atoms. The Labute approximate surface area is 126 Å². The predicted molar refractivity (Wildman–Crippen MR) is 82.8 cm³/mol. The molecule has 0 aliphatic heterocycles. The molecule has 0 unspecified atom stereocenters. The van der Waals surface area contributed by atoms with Crippen LogP contribution in [-0.2, 0) is 19.5 Å². The number of nitrogens with zero attached hydrogens (tertiary/aromatic N) is 1. The highest BCUT2D eigenvalue weighted by molar-refractivity contribution is 7.89. The minimum absolute atomic E-state index is 0.137. The van der Waals surface area contributed by atoms with Crippen LogP contribution in [0, 0.1) is 13.8 Å². The number of hydrogen-bond acceptors (Lipinski definition) is 5. The number of benzene rings is 1. The van der Waals surface area contributed by atoms with Gasteiger partial charge in [-0.25, -0.2) is 8.42 Å². The van der Waals surface area contributed by atoms with E-state index in [1.54, 1.807) is 12.1 Å². The highest BCUT2D eigenvalue weighted by Gasteiger charge is 2.26. The first-order valence-electron chi connectivity index (χ1n) is 6.69. The van der Waals surface area contributed by atoms with Gasteiger partial charge in [0.1, 0.15) is 4.90 Å². The lowest BCUT2D eigenvalue weighted by Gasteiger charge is -2.23. The highest BCUT2D eigenvalue weighted by atomic mass is 32.2. The lowest BCUT2D eigenvalue weighted by Crippen LogP contribution is -2.36. The van der Waals surface area contributed by atoms with Crippen LogP contribution in [0.2, 0.25) is 0 Å². The van der Waals surface area contributed by atoms with E-state index in [1.165, 1.54) is 18.5 Å². The number of nitrogen functional groups attached to an aromatic ring is 1. The van der Waals surface area contributed by atoms with Crippen LogP contribution >= 0.6 is 0 Å². The number of nitrogens with two attached hydrogens (primary N) is 1. The lowest BCUT2D eigenvalue weighted by atomic mass is 10.1. The van der Waals surface area contributed by atoms with Crippen LogP contribution in [0.3, 0.4) is 0 Å². The molecule has 0 atom stereocenters. The molecule has 6 nitrogen and oxygen atoms in total. The van der Waals surface area contributed by atoms with Crippen molar-refractivity contribution in [2.24, 2.45) is 0 Å². The molecule has 0 aliphatic rings. The summed E-state index contributed by atoms with van der Waals surface area (Å²) in [7, 11) is -0.601. The summed E-state index contributed by atoms with van der Waals surface area (Å²) in [5.41, 5.74) is 8.02. The zero-order valence-electron chi connectivity index (χ0n) is 13.0. The number of hydrogen-bond donors (Lipinski definition) is 1. The Hall–Kier alpha value is -1.15. The Balaban J connectivity index is 3.18. The Bertz CT molecular complexity index is 565. The predicted octanol–water partition coefficient (Wildman–Crippen LogP) is 1.17. The summed E-state index contributed by atoms with van der Waals surface area (Å²) < 4.78 is 36.8. The van der Waals surface area contributed by atoms with Gasteiger partial charge in [0, 0.05) is 27.3 Å². The van der Waals surface area contributed by atoms with Gasteiger partial charge in [-0.15, -0.1) is 0 Å². The van der Waals surface area contributed by atoms with Gasteiger partial charge in [0.15, 0.2) is 0 Å². The highest BCUT2D eigenvalue weighted by Crippen LogP contribution is 2.25. The molecule has 120 valence electrons. The number of ether oxygens (including phenoxy) is 2. The third-order valence-corrected chi connectivity index (χ3v) is 5.29. The third-order valence-electron chi connectivity index (χ3n) is 3.33. The molecular weight excluding hydrogens is 292 g/mol. The maximum absolute atomic E-state index is 12.8. The molecule has 7 heteroatoms. The second-order valence-electron chi connectivity index (χ2n) is 4.86. The van der Waals surface area contributed by atoms with Crippen molar-refractivity contribution in [2.45, 2.75) is 18.7 Å². The van der Waals surface area contributed by atoms with Crippen molar-refractivity contribution < 1.29 is 17.9 Å². The van der Waals surface area contributed by atoms with E-state index in [4.69, 9.17) is 15.2 Å². The van der Waals surface area contributed by atoms with Crippen molar-refractivity contribution in [1.29, 1.82) is 0 Å². The fraction of sp³-hybridized carbons (Fsp3) is 0.571. The van der Waals surface area contributed by atoms with Crippen molar-refractivity contribution in [2.75, 3.05) is 46.3 Å². The van der Waals surface area contributed by atoms with Crippen LogP contribution in [0.5, 0.6) is 0 Å². The van der Waals surface area contributed by atoms with Crippen LogP contribution in [0.4, 0.5) is 5.69 Å². The quantitative estimate of drug-likeness (QED) is 0.728. The van der Waals surface area contributed by atoms with Gasteiger partial charge in [-0.1, -0.05) is 0 Å². The average Bonchev–Trinajstić information content (AvgIpc) is 2.42. The average molecular weight is 316 g/mol. The molecule has 2 N–H and O–H groups in total. The fourth-order valence-electron chi connectivity index (χ4n) is 1.91. The molecule has 1 aromatic rings. The Kier molecular flexibility index (Phi) is 6.60. The Morgan fingerprint density at radius 1 is 1.05 bits per heavy atom. The van der Waals surface area contributed by atoms with Crippen LogP contribution in [0.15, 0.2) is 17.0 Å². The molecule has 0 bridgehead atoms. The standard InChI is InChI=1S/C14H24N2O4S/c1-11-9-13(15)14(10-12(11)2)21(17,18)16(5-7-19-3)6-8-20-4/h9-10H,5-8,15H2,1-4H3. The van der Waals surface area contributed by atoms with Crippen LogP contribution in [0.25, 0.3) is 0 Å². The zero-order chi connectivity index (χ0) is 16.0. The second-order valence-corrected chi connectivity index (χ2v) is 6.77. The molecule has 0 fully saturated rings. The molecule has 0 radical (unpaired) electrons. The molecule has 0 spiro atoms. The molecule has 0 saturated heterocycles. The first-order chi connectivity index (χ1) is 9.84. The van der Waals surface area contributed by atoms with E-state index in [0.717, 1.165) is 11.1 Å². The van der Waals surface area contributed by atoms with Gasteiger partial charge in [0.25, 0.3) is 0 Å². The maximum atomic E-state index is 12.8. The number of rotatable bonds is 8. The van der Waals surface area contributed by atoms with E-state index in [1.807, 2.05) is 13.8 Å². The van der Waals surface area contributed by atoms with Crippen LogP contribution in [0.1, 0.15) is 11.1 Å². The summed E-state index contributed by atoms with van der Waals surface area (Å²) in [6, 6.07) is 3.31. The minimum atomic E-state index is -3.67. The number of anilines is 1. The van der Waals surface area contributed by atoms with Gasteiger partial charge in [-0.05, 0) is 37.1 Å². The molecule has 0 saturated carbocycles. The van der Waals surface area contributed by atoms with E-state index >= 15 is 0 Å². The summed E-state index contributed by atoms with van der Waals surface area (Å²) in [5, 5.41) is 0. The number of sulfonamides is 1. The molecule has 1 aromatic carbocycles. The molecule has 0 aromatic heterocycles. The van der Waals surface area contributed by atoms with Gasteiger partial charge in [0.2, 0.25) is 10.0 Å². The summed E-state index contributed by atoms with van der Waals surface area (Å²) in [4.78, 5) is 0.137. The molecule has 0 heterocycles. The summed E-state index contributed by atoms with van der Waals surface area (Å²) in [5.74, 6) is 0. The Morgan fingerprint density at radius 2 is 1.52 bits per heavy atom. The topological polar surface area (TPSA) is 81.9 Å². The first kappa shape index (κ1) is 17.9. The van der Waals surface area contributed by atoms with E-state index in [2.05, 4.69) is 0 Å². The normalized spacial score (nSPS) is 12.0. The van der Waals surface area contributed by atoms with Gasteiger partial charge in [-0.2, -0.15) is 4.31 Å². The smallest absolute Gasteiger partial charge is 0.245 e.